The Morgan fingerprint density at radius 2 is 2.24 bits per heavy atom. The minimum absolute atomic E-state index is 0.0862. The number of amides is 1. The van der Waals surface area contributed by atoms with Gasteiger partial charge in [0.05, 0.1) is 6.54 Å². The third kappa shape index (κ3) is 4.44. The molecule has 1 aromatic carbocycles. The molecule has 0 saturated carbocycles. The molecule has 3 nitrogen and oxygen atoms in total. The summed E-state index contributed by atoms with van der Waals surface area (Å²) < 4.78 is 14.3. The molecule has 0 aromatic heterocycles. The van der Waals surface area contributed by atoms with Crippen LogP contribution in [0.15, 0.2) is 22.7 Å². The third-order valence-corrected chi connectivity index (χ3v) is 2.87. The summed E-state index contributed by atoms with van der Waals surface area (Å²) in [7, 11) is 0. The van der Waals surface area contributed by atoms with Gasteiger partial charge >= 0.3 is 0 Å². The van der Waals surface area contributed by atoms with E-state index in [1.165, 1.54) is 6.07 Å². The molecule has 0 aliphatic rings. The number of likely N-dealkylation sites (N-methyl/N-ethyl adjacent to an activating group) is 1. The van der Waals surface area contributed by atoms with Gasteiger partial charge in [-0.2, -0.15) is 0 Å². The number of carbonyl (C=O) groups excluding carboxylic acids is 1. The van der Waals surface area contributed by atoms with Gasteiger partial charge < -0.3 is 10.6 Å². The van der Waals surface area contributed by atoms with Crippen molar-refractivity contribution in [2.75, 3.05) is 13.1 Å². The fourth-order valence-electron chi connectivity index (χ4n) is 1.47. The number of carbonyl (C=O) groups is 1. The van der Waals surface area contributed by atoms with Crippen molar-refractivity contribution in [1.82, 2.24) is 10.6 Å². The number of rotatable bonds is 5. The Labute approximate surface area is 109 Å². The molecule has 0 aliphatic heterocycles. The van der Waals surface area contributed by atoms with Crippen LogP contribution in [-0.4, -0.2) is 19.0 Å². The maximum Gasteiger partial charge on any atom is 0.233 e. The molecule has 0 bridgehead atoms. The van der Waals surface area contributed by atoms with E-state index < -0.39 is 0 Å². The second-order valence-electron chi connectivity index (χ2n) is 3.72. The predicted molar refractivity (Wildman–Crippen MR) is 69.2 cm³/mol. The van der Waals surface area contributed by atoms with Gasteiger partial charge in [-0.05, 0) is 26.0 Å². The molecule has 0 fully saturated rings. The van der Waals surface area contributed by atoms with E-state index in [0.29, 0.717) is 16.6 Å². The van der Waals surface area contributed by atoms with Crippen molar-refractivity contribution in [2.24, 2.45) is 0 Å². The lowest BCUT2D eigenvalue weighted by atomic mass is 10.1. The first-order valence-electron chi connectivity index (χ1n) is 5.49. The average Bonchev–Trinajstić information content (AvgIpc) is 2.26. The van der Waals surface area contributed by atoms with E-state index in [1.54, 1.807) is 12.1 Å². The summed E-state index contributed by atoms with van der Waals surface area (Å²) in [5.74, 6) is -0.368. The van der Waals surface area contributed by atoms with Crippen molar-refractivity contribution in [3.8, 4) is 0 Å². The van der Waals surface area contributed by atoms with Crippen LogP contribution < -0.4 is 10.6 Å². The van der Waals surface area contributed by atoms with E-state index in [2.05, 4.69) is 26.6 Å². The van der Waals surface area contributed by atoms with Crippen molar-refractivity contribution in [2.45, 2.75) is 19.9 Å². The normalized spacial score (nSPS) is 12.2. The molecule has 0 saturated heterocycles. The number of halogens is 2. The molecule has 0 aliphatic carbocycles. The summed E-state index contributed by atoms with van der Waals surface area (Å²) in [6.45, 7) is 4.47. The molecule has 1 aromatic rings. The number of nitrogens with one attached hydrogen (secondary N) is 2. The van der Waals surface area contributed by atoms with Crippen LogP contribution in [0.5, 0.6) is 0 Å². The first-order chi connectivity index (χ1) is 8.04. The standard InChI is InChI=1S/C12H16BrFN2O/c1-3-15-12(17)7-16-8(2)10-5-4-9(13)6-11(10)14/h4-6,8,16H,3,7H2,1-2H3,(H,15,17). The molecule has 5 heteroatoms. The van der Waals surface area contributed by atoms with Crippen LogP contribution >= 0.6 is 15.9 Å². The Morgan fingerprint density at radius 1 is 1.53 bits per heavy atom. The molecule has 0 heterocycles. The lowest BCUT2D eigenvalue weighted by Crippen LogP contribution is -2.35. The SMILES string of the molecule is CCNC(=O)CNC(C)c1ccc(Br)cc1F. The highest BCUT2D eigenvalue weighted by Gasteiger charge is 2.11. The summed E-state index contributed by atoms with van der Waals surface area (Å²) in [6.07, 6.45) is 0. The summed E-state index contributed by atoms with van der Waals surface area (Å²) in [6, 6.07) is 4.70. The maximum absolute atomic E-state index is 13.6. The van der Waals surface area contributed by atoms with E-state index in [9.17, 15) is 9.18 Å². The van der Waals surface area contributed by atoms with Gasteiger partial charge in [0, 0.05) is 22.6 Å². The van der Waals surface area contributed by atoms with Crippen LogP contribution in [0.4, 0.5) is 4.39 Å². The first-order valence-corrected chi connectivity index (χ1v) is 6.29. The summed E-state index contributed by atoms with van der Waals surface area (Å²) >= 11 is 3.20. The minimum Gasteiger partial charge on any atom is -0.355 e. The molecule has 17 heavy (non-hydrogen) atoms. The van der Waals surface area contributed by atoms with Gasteiger partial charge in [0.1, 0.15) is 5.82 Å². The summed E-state index contributed by atoms with van der Waals surface area (Å²) in [5, 5.41) is 5.65. The molecular weight excluding hydrogens is 287 g/mol. The van der Waals surface area contributed by atoms with Crippen LogP contribution in [0, 0.1) is 5.82 Å². The fraction of sp³-hybridized carbons (Fsp3) is 0.417. The van der Waals surface area contributed by atoms with E-state index in [0.717, 1.165) is 0 Å². The van der Waals surface area contributed by atoms with Gasteiger partial charge in [-0.1, -0.05) is 22.0 Å². The van der Waals surface area contributed by atoms with E-state index in [4.69, 9.17) is 0 Å². The molecule has 2 N–H and O–H groups in total. The van der Waals surface area contributed by atoms with Crippen LogP contribution in [0.25, 0.3) is 0 Å². The molecular formula is C12H16BrFN2O. The first kappa shape index (κ1) is 14.1. The van der Waals surface area contributed by atoms with Crippen molar-refractivity contribution < 1.29 is 9.18 Å². The molecule has 0 spiro atoms. The second kappa shape index (κ2) is 6.71. The summed E-state index contributed by atoms with van der Waals surface area (Å²) in [5.41, 5.74) is 0.553. The van der Waals surface area contributed by atoms with E-state index in [1.807, 2.05) is 13.8 Å². The molecule has 0 radical (unpaired) electrons. The highest BCUT2D eigenvalue weighted by atomic mass is 79.9. The Hall–Kier alpha value is -0.940. The van der Waals surface area contributed by atoms with Gasteiger partial charge in [-0.25, -0.2) is 4.39 Å². The zero-order chi connectivity index (χ0) is 12.8. The highest BCUT2D eigenvalue weighted by molar-refractivity contribution is 9.10. The van der Waals surface area contributed by atoms with Crippen molar-refractivity contribution >= 4 is 21.8 Å². The molecule has 1 atom stereocenters. The third-order valence-electron chi connectivity index (χ3n) is 2.37. The topological polar surface area (TPSA) is 41.1 Å². The summed E-state index contributed by atoms with van der Waals surface area (Å²) in [4.78, 5) is 11.2. The van der Waals surface area contributed by atoms with E-state index >= 15 is 0 Å². The molecule has 1 unspecified atom stereocenters. The van der Waals surface area contributed by atoms with Crippen LogP contribution in [0.1, 0.15) is 25.5 Å². The Kier molecular flexibility index (Phi) is 5.58. The average molecular weight is 303 g/mol. The maximum atomic E-state index is 13.6. The Morgan fingerprint density at radius 3 is 2.82 bits per heavy atom. The van der Waals surface area contributed by atoms with Crippen molar-refractivity contribution in [3.63, 3.8) is 0 Å². The number of hydrogen-bond acceptors (Lipinski definition) is 2. The van der Waals surface area contributed by atoms with Gasteiger partial charge in [0.15, 0.2) is 0 Å². The molecule has 1 amide bonds. The lowest BCUT2D eigenvalue weighted by molar-refractivity contribution is -0.120. The molecule has 94 valence electrons. The monoisotopic (exact) mass is 302 g/mol. The Balaban J connectivity index is 2.57. The quantitative estimate of drug-likeness (QED) is 0.877. The van der Waals surface area contributed by atoms with Gasteiger partial charge in [0.2, 0.25) is 5.91 Å². The fourth-order valence-corrected chi connectivity index (χ4v) is 1.80. The van der Waals surface area contributed by atoms with E-state index in [-0.39, 0.29) is 24.3 Å². The highest BCUT2D eigenvalue weighted by Crippen LogP contribution is 2.20. The van der Waals surface area contributed by atoms with Crippen molar-refractivity contribution in [1.29, 1.82) is 0 Å². The zero-order valence-corrected chi connectivity index (χ0v) is 11.5. The van der Waals surface area contributed by atoms with Gasteiger partial charge in [0.25, 0.3) is 0 Å². The minimum atomic E-state index is -0.282. The predicted octanol–water partition coefficient (Wildman–Crippen LogP) is 2.37. The smallest absolute Gasteiger partial charge is 0.233 e. The largest absolute Gasteiger partial charge is 0.355 e. The van der Waals surface area contributed by atoms with Crippen LogP contribution in [0.2, 0.25) is 0 Å². The van der Waals surface area contributed by atoms with Crippen LogP contribution in [-0.2, 0) is 4.79 Å². The number of benzene rings is 1. The number of hydrogen-bond donors (Lipinski definition) is 2. The Bertz CT molecular complexity index is 398. The molecule has 1 rings (SSSR count). The van der Waals surface area contributed by atoms with Crippen molar-refractivity contribution in [3.05, 3.63) is 34.1 Å². The second-order valence-corrected chi connectivity index (χ2v) is 4.64. The zero-order valence-electron chi connectivity index (χ0n) is 9.89. The van der Waals surface area contributed by atoms with Gasteiger partial charge in [-0.3, -0.25) is 4.79 Å². The van der Waals surface area contributed by atoms with Crippen LogP contribution in [0.3, 0.4) is 0 Å². The lowest BCUT2D eigenvalue weighted by Gasteiger charge is -2.14. The van der Waals surface area contributed by atoms with Gasteiger partial charge in [-0.15, -0.1) is 0 Å².